The molecule has 0 aromatic heterocycles. The molecule has 1 nitrogen and oxygen atoms in total. The van der Waals surface area contributed by atoms with Crippen molar-refractivity contribution in [3.63, 3.8) is 0 Å². The number of rotatable bonds is 3. The summed E-state index contributed by atoms with van der Waals surface area (Å²) in [5, 5.41) is 12.5. The fraction of sp³-hybridized carbons (Fsp3) is 0. The lowest BCUT2D eigenvalue weighted by atomic mass is 9.95. The maximum absolute atomic E-state index is 2.43. The van der Waals surface area contributed by atoms with Gasteiger partial charge in [-0.05, 0) is 90.9 Å². The Hall–Kier alpha value is -5.14. The van der Waals surface area contributed by atoms with E-state index < -0.39 is 0 Å². The quantitative estimate of drug-likeness (QED) is 0.174. The monoisotopic (exact) mass is 495 g/mol. The summed E-state index contributed by atoms with van der Waals surface area (Å²) in [4.78, 5) is 2.43. The van der Waals surface area contributed by atoms with Crippen LogP contribution in [0, 0.1) is 0 Å². The van der Waals surface area contributed by atoms with E-state index in [0.29, 0.717) is 0 Å². The molecule has 8 rings (SSSR count). The molecule has 0 radical (unpaired) electrons. The van der Waals surface area contributed by atoms with Crippen LogP contribution in [0.2, 0.25) is 0 Å². The Labute approximate surface area is 227 Å². The lowest BCUT2D eigenvalue weighted by molar-refractivity contribution is 1.31. The van der Waals surface area contributed by atoms with E-state index in [1.807, 2.05) is 0 Å². The standard InChI is InChI=1S/C38H25N/c1-3-11-28-21-33(19-17-26(28)9-1)39(34-20-18-27-10-2-4-12-29(27)22-34)38-25-32-15-7-8-16-35(32)36-23-30-13-5-6-14-31(30)24-37(36)38/h1-25H. The second-order valence-electron chi connectivity index (χ2n) is 10.3. The van der Waals surface area contributed by atoms with E-state index in [4.69, 9.17) is 0 Å². The Morgan fingerprint density at radius 2 is 0.718 bits per heavy atom. The van der Waals surface area contributed by atoms with E-state index in [1.165, 1.54) is 59.5 Å². The van der Waals surface area contributed by atoms with Gasteiger partial charge in [-0.25, -0.2) is 0 Å². The van der Waals surface area contributed by atoms with E-state index in [0.717, 1.165) is 11.4 Å². The summed E-state index contributed by atoms with van der Waals surface area (Å²) < 4.78 is 0. The van der Waals surface area contributed by atoms with Crippen LogP contribution in [-0.4, -0.2) is 0 Å². The van der Waals surface area contributed by atoms with Crippen molar-refractivity contribution < 1.29 is 0 Å². The van der Waals surface area contributed by atoms with Crippen molar-refractivity contribution in [1.82, 2.24) is 0 Å². The van der Waals surface area contributed by atoms with Crippen LogP contribution in [0.1, 0.15) is 0 Å². The fourth-order valence-corrected chi connectivity index (χ4v) is 6.01. The van der Waals surface area contributed by atoms with Gasteiger partial charge in [0.2, 0.25) is 0 Å². The average molecular weight is 496 g/mol. The Kier molecular flexibility index (Phi) is 4.89. The van der Waals surface area contributed by atoms with Crippen molar-refractivity contribution in [2.24, 2.45) is 0 Å². The molecule has 0 bridgehead atoms. The topological polar surface area (TPSA) is 3.24 Å². The molecule has 8 aromatic rings. The summed E-state index contributed by atoms with van der Waals surface area (Å²) >= 11 is 0. The molecule has 0 aliphatic carbocycles. The van der Waals surface area contributed by atoms with Crippen LogP contribution < -0.4 is 4.90 Å². The third-order valence-electron chi connectivity index (χ3n) is 7.93. The van der Waals surface area contributed by atoms with Crippen LogP contribution in [0.15, 0.2) is 152 Å². The van der Waals surface area contributed by atoms with E-state index in [-0.39, 0.29) is 0 Å². The molecule has 0 saturated carbocycles. The van der Waals surface area contributed by atoms with Crippen LogP contribution in [0.3, 0.4) is 0 Å². The molecular formula is C38H25N. The van der Waals surface area contributed by atoms with E-state index in [9.17, 15) is 0 Å². The van der Waals surface area contributed by atoms with Crippen LogP contribution >= 0.6 is 0 Å². The SMILES string of the molecule is c1ccc2cc(N(c3ccc4ccccc4c3)c3cc4ccccc4c4cc5ccccc5cc34)ccc2c1. The molecule has 0 N–H and O–H groups in total. The Balaban J connectivity index is 1.49. The molecule has 182 valence electrons. The van der Waals surface area contributed by atoms with Gasteiger partial charge in [-0.1, -0.05) is 109 Å². The molecule has 0 unspecified atom stereocenters. The normalized spacial score (nSPS) is 11.6. The summed E-state index contributed by atoms with van der Waals surface area (Å²) in [7, 11) is 0. The molecule has 0 heterocycles. The fourth-order valence-electron chi connectivity index (χ4n) is 6.01. The first kappa shape index (κ1) is 21.9. The van der Waals surface area contributed by atoms with Crippen molar-refractivity contribution in [3.8, 4) is 0 Å². The lowest BCUT2D eigenvalue weighted by Gasteiger charge is -2.28. The van der Waals surface area contributed by atoms with Gasteiger partial charge in [-0.2, -0.15) is 0 Å². The van der Waals surface area contributed by atoms with Gasteiger partial charge in [-0.3, -0.25) is 0 Å². The largest absolute Gasteiger partial charge is 0.310 e. The summed E-state index contributed by atoms with van der Waals surface area (Å²) in [5.74, 6) is 0. The number of hydrogen-bond donors (Lipinski definition) is 0. The van der Waals surface area contributed by atoms with Crippen LogP contribution in [0.5, 0.6) is 0 Å². The summed E-state index contributed by atoms with van der Waals surface area (Å²) in [6.07, 6.45) is 0. The molecule has 39 heavy (non-hydrogen) atoms. The zero-order valence-corrected chi connectivity index (χ0v) is 21.4. The second-order valence-corrected chi connectivity index (χ2v) is 10.3. The smallest absolute Gasteiger partial charge is 0.0546 e. The molecule has 0 aliphatic heterocycles. The van der Waals surface area contributed by atoms with E-state index >= 15 is 0 Å². The third kappa shape index (κ3) is 3.63. The van der Waals surface area contributed by atoms with E-state index in [1.54, 1.807) is 0 Å². The van der Waals surface area contributed by atoms with Crippen molar-refractivity contribution >= 4 is 70.9 Å². The summed E-state index contributed by atoms with van der Waals surface area (Å²) in [6, 6.07) is 55.3. The number of fused-ring (bicyclic) bond motifs is 6. The van der Waals surface area contributed by atoms with E-state index in [2.05, 4.69) is 157 Å². The van der Waals surface area contributed by atoms with Gasteiger partial charge < -0.3 is 4.90 Å². The van der Waals surface area contributed by atoms with Crippen molar-refractivity contribution in [2.45, 2.75) is 0 Å². The van der Waals surface area contributed by atoms with Gasteiger partial charge in [0.15, 0.2) is 0 Å². The number of nitrogens with zero attached hydrogens (tertiary/aromatic N) is 1. The predicted octanol–water partition coefficient (Wildman–Crippen LogP) is 10.9. The Bertz CT molecular complexity index is 2110. The lowest BCUT2D eigenvalue weighted by Crippen LogP contribution is -2.10. The molecule has 0 atom stereocenters. The van der Waals surface area contributed by atoms with Crippen molar-refractivity contribution in [2.75, 3.05) is 4.90 Å². The summed E-state index contributed by atoms with van der Waals surface area (Å²) in [6.45, 7) is 0. The zero-order chi connectivity index (χ0) is 25.8. The summed E-state index contributed by atoms with van der Waals surface area (Å²) in [5.41, 5.74) is 3.47. The van der Waals surface area contributed by atoms with Crippen LogP contribution in [-0.2, 0) is 0 Å². The maximum atomic E-state index is 2.43. The minimum Gasteiger partial charge on any atom is -0.310 e. The van der Waals surface area contributed by atoms with Crippen molar-refractivity contribution in [1.29, 1.82) is 0 Å². The highest BCUT2D eigenvalue weighted by molar-refractivity contribution is 6.18. The zero-order valence-electron chi connectivity index (χ0n) is 21.4. The first-order valence-corrected chi connectivity index (χ1v) is 13.4. The average Bonchev–Trinajstić information content (AvgIpc) is 3.00. The van der Waals surface area contributed by atoms with Crippen LogP contribution in [0.25, 0.3) is 53.9 Å². The minimum absolute atomic E-state index is 1.15. The maximum Gasteiger partial charge on any atom is 0.0546 e. The Morgan fingerprint density at radius 3 is 1.28 bits per heavy atom. The van der Waals surface area contributed by atoms with Gasteiger partial charge in [0.05, 0.1) is 5.69 Å². The first-order valence-electron chi connectivity index (χ1n) is 13.4. The molecule has 0 saturated heterocycles. The predicted molar refractivity (Wildman–Crippen MR) is 169 cm³/mol. The minimum atomic E-state index is 1.15. The molecule has 0 aliphatic rings. The van der Waals surface area contributed by atoms with Gasteiger partial charge in [0.1, 0.15) is 0 Å². The van der Waals surface area contributed by atoms with Gasteiger partial charge in [-0.15, -0.1) is 0 Å². The molecular weight excluding hydrogens is 470 g/mol. The molecule has 0 amide bonds. The highest BCUT2D eigenvalue weighted by Gasteiger charge is 2.18. The molecule has 1 heteroatoms. The van der Waals surface area contributed by atoms with Gasteiger partial charge in [0.25, 0.3) is 0 Å². The highest BCUT2D eigenvalue weighted by Crippen LogP contribution is 2.44. The molecule has 0 spiro atoms. The third-order valence-corrected chi connectivity index (χ3v) is 7.93. The van der Waals surface area contributed by atoms with Crippen LogP contribution in [0.4, 0.5) is 17.1 Å². The number of hydrogen-bond acceptors (Lipinski definition) is 1. The first-order chi connectivity index (χ1) is 19.3. The molecule has 8 aromatic carbocycles. The van der Waals surface area contributed by atoms with Gasteiger partial charge in [0, 0.05) is 16.8 Å². The second kappa shape index (κ2) is 8.72. The van der Waals surface area contributed by atoms with Gasteiger partial charge >= 0.3 is 0 Å². The number of anilines is 3. The van der Waals surface area contributed by atoms with Crippen molar-refractivity contribution in [3.05, 3.63) is 152 Å². The number of benzene rings is 8. The highest BCUT2D eigenvalue weighted by atomic mass is 15.1. The molecule has 0 fully saturated rings. The Morgan fingerprint density at radius 1 is 0.282 bits per heavy atom.